The third-order valence-corrected chi connectivity index (χ3v) is 4.06. The van der Waals surface area contributed by atoms with Crippen LogP contribution in [0.3, 0.4) is 0 Å². The second kappa shape index (κ2) is 7.10. The highest BCUT2D eigenvalue weighted by molar-refractivity contribution is 9.10. The van der Waals surface area contributed by atoms with Crippen LogP contribution in [0.1, 0.15) is 30.0 Å². The van der Waals surface area contributed by atoms with E-state index in [0.717, 1.165) is 28.8 Å². The molecule has 0 saturated heterocycles. The van der Waals surface area contributed by atoms with Crippen LogP contribution in [0, 0.1) is 13.8 Å². The van der Waals surface area contributed by atoms with Gasteiger partial charge < -0.3 is 10.5 Å². The van der Waals surface area contributed by atoms with E-state index in [0.29, 0.717) is 0 Å². The fourth-order valence-electron chi connectivity index (χ4n) is 2.32. The number of halogens is 1. The molecule has 0 amide bonds. The zero-order valence-corrected chi connectivity index (χ0v) is 14.4. The van der Waals surface area contributed by atoms with Crippen molar-refractivity contribution in [1.82, 2.24) is 0 Å². The molecular formula is C18H22BrNO. The van der Waals surface area contributed by atoms with Gasteiger partial charge in [-0.15, -0.1) is 0 Å². The van der Waals surface area contributed by atoms with Gasteiger partial charge in [-0.2, -0.15) is 0 Å². The molecule has 2 N–H and O–H groups in total. The van der Waals surface area contributed by atoms with Crippen LogP contribution in [0.5, 0.6) is 11.5 Å². The zero-order chi connectivity index (χ0) is 15.4. The average molecular weight is 348 g/mol. The topological polar surface area (TPSA) is 35.2 Å². The molecule has 0 saturated carbocycles. The quantitative estimate of drug-likeness (QED) is 0.812. The highest BCUT2D eigenvalue weighted by Gasteiger charge is 2.07. The minimum atomic E-state index is 0.211. The molecule has 2 rings (SSSR count). The van der Waals surface area contributed by atoms with E-state index in [9.17, 15) is 0 Å². The van der Waals surface area contributed by atoms with Crippen LogP contribution < -0.4 is 10.5 Å². The largest absolute Gasteiger partial charge is 0.456 e. The molecule has 0 spiro atoms. The molecule has 0 radical (unpaired) electrons. The molecule has 2 aromatic rings. The number of hydrogen-bond acceptors (Lipinski definition) is 2. The molecular weight excluding hydrogens is 326 g/mol. The van der Waals surface area contributed by atoms with Crippen LogP contribution in [-0.4, -0.2) is 6.04 Å². The molecule has 0 aliphatic heterocycles. The lowest BCUT2D eigenvalue weighted by Gasteiger charge is -2.12. The van der Waals surface area contributed by atoms with E-state index in [1.54, 1.807) is 0 Å². The summed E-state index contributed by atoms with van der Waals surface area (Å²) in [4.78, 5) is 0. The first kappa shape index (κ1) is 16.1. The van der Waals surface area contributed by atoms with Crippen LogP contribution in [0.25, 0.3) is 0 Å². The second-order valence-corrected chi connectivity index (χ2v) is 6.42. The molecule has 0 bridgehead atoms. The minimum Gasteiger partial charge on any atom is -0.456 e. The van der Waals surface area contributed by atoms with Crippen molar-refractivity contribution >= 4 is 15.9 Å². The summed E-state index contributed by atoms with van der Waals surface area (Å²) in [7, 11) is 0. The summed E-state index contributed by atoms with van der Waals surface area (Å²) in [5.74, 6) is 1.69. The first-order valence-corrected chi connectivity index (χ1v) is 8.07. The van der Waals surface area contributed by atoms with Crippen molar-refractivity contribution in [3.05, 3.63) is 57.6 Å². The second-order valence-electron chi connectivity index (χ2n) is 5.56. The molecule has 1 atom stereocenters. The maximum Gasteiger partial charge on any atom is 0.141 e. The van der Waals surface area contributed by atoms with Crippen molar-refractivity contribution in [3.8, 4) is 11.5 Å². The third kappa shape index (κ3) is 4.58. The van der Waals surface area contributed by atoms with Crippen LogP contribution in [0.4, 0.5) is 0 Å². The van der Waals surface area contributed by atoms with E-state index in [-0.39, 0.29) is 6.04 Å². The summed E-state index contributed by atoms with van der Waals surface area (Å²) >= 11 is 3.59. The number of nitrogens with two attached hydrogens (primary N) is 1. The summed E-state index contributed by atoms with van der Waals surface area (Å²) in [5, 5.41) is 0. The predicted octanol–water partition coefficient (Wildman–Crippen LogP) is 5.14. The van der Waals surface area contributed by atoms with Gasteiger partial charge in [0.2, 0.25) is 0 Å². The van der Waals surface area contributed by atoms with Gasteiger partial charge in [-0.25, -0.2) is 0 Å². The Kier molecular flexibility index (Phi) is 5.43. The summed E-state index contributed by atoms with van der Waals surface area (Å²) in [6, 6.07) is 12.6. The van der Waals surface area contributed by atoms with Crippen molar-refractivity contribution in [2.24, 2.45) is 5.73 Å². The Morgan fingerprint density at radius 1 is 1.10 bits per heavy atom. The van der Waals surface area contributed by atoms with E-state index in [2.05, 4.69) is 54.9 Å². The number of ether oxygens (including phenoxy) is 1. The van der Waals surface area contributed by atoms with Gasteiger partial charge in [0.1, 0.15) is 11.5 Å². The lowest BCUT2D eigenvalue weighted by atomic mass is 10.0. The lowest BCUT2D eigenvalue weighted by molar-refractivity contribution is 0.478. The molecule has 3 heteroatoms. The van der Waals surface area contributed by atoms with Crippen molar-refractivity contribution < 1.29 is 4.74 Å². The van der Waals surface area contributed by atoms with Gasteiger partial charge >= 0.3 is 0 Å². The molecule has 112 valence electrons. The Bertz CT molecular complexity index is 604. The summed E-state index contributed by atoms with van der Waals surface area (Å²) in [6.45, 7) is 6.26. The Balaban J connectivity index is 2.17. The monoisotopic (exact) mass is 347 g/mol. The molecule has 1 unspecified atom stereocenters. The van der Waals surface area contributed by atoms with Crippen LogP contribution in [-0.2, 0) is 6.42 Å². The number of hydrogen-bond donors (Lipinski definition) is 1. The van der Waals surface area contributed by atoms with E-state index < -0.39 is 0 Å². The smallest absolute Gasteiger partial charge is 0.141 e. The van der Waals surface area contributed by atoms with Gasteiger partial charge in [0, 0.05) is 6.04 Å². The fourth-order valence-corrected chi connectivity index (χ4v) is 2.83. The normalized spacial score (nSPS) is 12.2. The molecule has 0 aromatic heterocycles. The molecule has 2 nitrogen and oxygen atoms in total. The first-order valence-electron chi connectivity index (χ1n) is 7.28. The Labute approximate surface area is 135 Å². The minimum absolute atomic E-state index is 0.211. The van der Waals surface area contributed by atoms with Crippen LogP contribution in [0.15, 0.2) is 40.9 Å². The molecule has 0 aliphatic carbocycles. The molecule has 0 fully saturated rings. The van der Waals surface area contributed by atoms with E-state index in [1.807, 2.05) is 18.2 Å². The maximum absolute atomic E-state index is 6.00. The Morgan fingerprint density at radius 2 is 1.76 bits per heavy atom. The zero-order valence-electron chi connectivity index (χ0n) is 12.8. The van der Waals surface area contributed by atoms with Crippen molar-refractivity contribution in [2.75, 3.05) is 0 Å². The number of rotatable bonds is 5. The molecule has 0 heterocycles. The van der Waals surface area contributed by atoms with Gasteiger partial charge in [-0.3, -0.25) is 0 Å². The molecule has 2 aromatic carbocycles. The molecule has 21 heavy (non-hydrogen) atoms. The number of benzene rings is 2. The average Bonchev–Trinajstić information content (AvgIpc) is 2.40. The first-order chi connectivity index (χ1) is 9.97. The maximum atomic E-state index is 6.00. The van der Waals surface area contributed by atoms with Crippen molar-refractivity contribution in [2.45, 2.75) is 39.7 Å². The van der Waals surface area contributed by atoms with Crippen molar-refractivity contribution in [1.29, 1.82) is 0 Å². The van der Waals surface area contributed by atoms with E-state index in [1.165, 1.54) is 16.7 Å². The summed E-state index contributed by atoms with van der Waals surface area (Å²) < 4.78 is 6.94. The summed E-state index contributed by atoms with van der Waals surface area (Å²) in [5.41, 5.74) is 9.63. The van der Waals surface area contributed by atoms with E-state index in [4.69, 9.17) is 10.5 Å². The highest BCUT2D eigenvalue weighted by Crippen LogP contribution is 2.31. The van der Waals surface area contributed by atoms with Crippen molar-refractivity contribution in [3.63, 3.8) is 0 Å². The van der Waals surface area contributed by atoms with Gasteiger partial charge in [0.15, 0.2) is 0 Å². The lowest BCUT2D eigenvalue weighted by Crippen LogP contribution is -2.21. The SMILES string of the molecule is CCC(N)Cc1ccc(Oc2cc(C)cc(C)c2)c(Br)c1. The fraction of sp³-hybridized carbons (Fsp3) is 0.333. The van der Waals surface area contributed by atoms with E-state index >= 15 is 0 Å². The van der Waals surface area contributed by atoms with Gasteiger partial charge in [0.05, 0.1) is 4.47 Å². The Hall–Kier alpha value is -1.32. The molecule has 0 aliphatic rings. The van der Waals surface area contributed by atoms with Gasteiger partial charge in [-0.05, 0) is 83.6 Å². The standard InChI is InChI=1S/C18H22BrNO/c1-4-15(20)10-14-5-6-18(17(19)11-14)21-16-8-12(2)7-13(3)9-16/h5-9,11,15H,4,10,20H2,1-3H3. The highest BCUT2D eigenvalue weighted by atomic mass is 79.9. The predicted molar refractivity (Wildman–Crippen MR) is 92.1 cm³/mol. The van der Waals surface area contributed by atoms with Crippen LogP contribution in [0.2, 0.25) is 0 Å². The van der Waals surface area contributed by atoms with Gasteiger partial charge in [0.25, 0.3) is 0 Å². The van der Waals surface area contributed by atoms with Crippen LogP contribution >= 0.6 is 15.9 Å². The van der Waals surface area contributed by atoms with Gasteiger partial charge in [-0.1, -0.05) is 19.1 Å². The summed E-state index contributed by atoms with van der Waals surface area (Å²) in [6.07, 6.45) is 1.87. The third-order valence-electron chi connectivity index (χ3n) is 3.44. The number of aryl methyl sites for hydroxylation is 2. The Morgan fingerprint density at radius 3 is 2.33 bits per heavy atom.